The average molecular weight is 507 g/mol. The highest BCUT2D eigenvalue weighted by molar-refractivity contribution is 6.24. The summed E-state index contributed by atoms with van der Waals surface area (Å²) in [5, 5.41) is 1.69. The van der Waals surface area contributed by atoms with Crippen molar-refractivity contribution in [2.45, 2.75) is 18.8 Å². The minimum absolute atomic E-state index is 0.305. The van der Waals surface area contributed by atoms with Crippen LogP contribution >= 0.6 is 0 Å². The monoisotopic (exact) mass is 506 g/mol. The number of benzene rings is 4. The molecule has 2 amide bonds. The van der Waals surface area contributed by atoms with Crippen molar-refractivity contribution >= 4 is 23.2 Å². The Morgan fingerprint density at radius 1 is 0.737 bits per heavy atom. The molecule has 4 aromatic carbocycles. The zero-order valence-corrected chi connectivity index (χ0v) is 20.8. The molecule has 2 heterocycles. The Morgan fingerprint density at radius 3 is 2.13 bits per heavy atom. The summed E-state index contributed by atoms with van der Waals surface area (Å²) in [4.78, 5) is 34.8. The van der Waals surface area contributed by atoms with Gasteiger partial charge in [-0.05, 0) is 47.5 Å². The zero-order chi connectivity index (χ0) is 26.1. The molecule has 4 aromatic rings. The minimum atomic E-state index is -0.937. The van der Waals surface area contributed by atoms with E-state index in [0.29, 0.717) is 23.8 Å². The van der Waals surface area contributed by atoms with Gasteiger partial charge in [-0.3, -0.25) is 14.4 Å². The van der Waals surface area contributed by atoms with Crippen molar-refractivity contribution in [1.29, 1.82) is 0 Å². The summed E-state index contributed by atoms with van der Waals surface area (Å²) in [6.07, 6.45) is -0.937. The van der Waals surface area contributed by atoms with E-state index in [-0.39, 0.29) is 11.8 Å². The highest BCUT2D eigenvalue weighted by Crippen LogP contribution is 2.48. The molecule has 0 aromatic heterocycles. The molecule has 2 aliphatic rings. The molecule has 38 heavy (non-hydrogen) atoms. The molecule has 7 heteroatoms. The number of hydrogen-bond acceptors (Lipinski definition) is 6. The summed E-state index contributed by atoms with van der Waals surface area (Å²) in [5.41, 5.74) is 3.16. The molecule has 0 saturated carbocycles. The highest BCUT2D eigenvalue weighted by atomic mass is 16.7. The SMILES string of the molecule is COc1cccc(N2C(=O)[C@@H]3[C@@H](ON(c4ccccc4)[C@H]3c3ccc(OCc4ccccc4)cc3)C2=O)c1. The molecular weight excluding hydrogens is 480 g/mol. The number of carbonyl (C=O) groups is 2. The molecule has 0 N–H and O–H groups in total. The maximum Gasteiger partial charge on any atom is 0.266 e. The second kappa shape index (κ2) is 10.0. The Kier molecular flexibility index (Phi) is 6.27. The van der Waals surface area contributed by atoms with Gasteiger partial charge in [-0.25, -0.2) is 9.96 Å². The lowest BCUT2D eigenvalue weighted by atomic mass is 9.90. The normalized spacial score (nSPS) is 20.5. The third kappa shape index (κ3) is 4.27. The number of hydroxylamine groups is 1. The average Bonchev–Trinajstić information content (AvgIpc) is 3.48. The molecule has 0 unspecified atom stereocenters. The van der Waals surface area contributed by atoms with Crippen LogP contribution in [0.25, 0.3) is 0 Å². The van der Waals surface area contributed by atoms with Crippen molar-refractivity contribution in [3.05, 3.63) is 120 Å². The van der Waals surface area contributed by atoms with Crippen LogP contribution in [0, 0.1) is 5.92 Å². The fourth-order valence-electron chi connectivity index (χ4n) is 5.06. The first-order valence-corrected chi connectivity index (χ1v) is 12.4. The molecule has 2 fully saturated rings. The fraction of sp³-hybridized carbons (Fsp3) is 0.161. The number of hydrogen-bond donors (Lipinski definition) is 0. The van der Waals surface area contributed by atoms with E-state index in [2.05, 4.69) is 0 Å². The molecule has 2 saturated heterocycles. The molecule has 0 spiro atoms. The lowest BCUT2D eigenvalue weighted by molar-refractivity contribution is -0.126. The number of fused-ring (bicyclic) bond motifs is 1. The van der Waals surface area contributed by atoms with Gasteiger partial charge in [0.15, 0.2) is 6.10 Å². The van der Waals surface area contributed by atoms with Crippen molar-refractivity contribution in [3.63, 3.8) is 0 Å². The van der Waals surface area contributed by atoms with Crippen LogP contribution in [-0.4, -0.2) is 25.0 Å². The van der Waals surface area contributed by atoms with Crippen molar-refractivity contribution < 1.29 is 23.9 Å². The smallest absolute Gasteiger partial charge is 0.266 e. The maximum absolute atomic E-state index is 13.8. The summed E-state index contributed by atoms with van der Waals surface area (Å²) in [5.74, 6) is -0.133. The summed E-state index contributed by atoms with van der Waals surface area (Å²) in [6, 6.07) is 33.5. The molecule has 0 radical (unpaired) electrons. The number of methoxy groups -OCH3 is 1. The minimum Gasteiger partial charge on any atom is -0.497 e. The number of imide groups is 1. The first kappa shape index (κ1) is 23.8. The Balaban J connectivity index is 1.31. The van der Waals surface area contributed by atoms with Gasteiger partial charge in [0, 0.05) is 6.07 Å². The van der Waals surface area contributed by atoms with Crippen LogP contribution in [-0.2, 0) is 21.0 Å². The van der Waals surface area contributed by atoms with Gasteiger partial charge in [0.1, 0.15) is 24.0 Å². The van der Waals surface area contributed by atoms with Gasteiger partial charge < -0.3 is 9.47 Å². The molecule has 0 bridgehead atoms. The number of amides is 2. The molecule has 190 valence electrons. The molecule has 7 nitrogen and oxygen atoms in total. The van der Waals surface area contributed by atoms with E-state index in [1.54, 1.807) is 36.4 Å². The molecule has 3 atom stereocenters. The largest absolute Gasteiger partial charge is 0.497 e. The van der Waals surface area contributed by atoms with Crippen molar-refractivity contribution in [2.75, 3.05) is 17.1 Å². The third-order valence-electron chi connectivity index (χ3n) is 6.91. The van der Waals surface area contributed by atoms with Gasteiger partial charge >= 0.3 is 0 Å². The molecular formula is C31H26N2O5. The van der Waals surface area contributed by atoms with Crippen LogP contribution in [0.1, 0.15) is 17.2 Å². The number of nitrogens with zero attached hydrogens (tertiary/aromatic N) is 2. The Morgan fingerprint density at radius 2 is 1.42 bits per heavy atom. The maximum atomic E-state index is 13.8. The summed E-state index contributed by atoms with van der Waals surface area (Å²) < 4.78 is 11.3. The zero-order valence-electron chi connectivity index (χ0n) is 20.8. The summed E-state index contributed by atoms with van der Waals surface area (Å²) in [7, 11) is 1.55. The van der Waals surface area contributed by atoms with Crippen LogP contribution in [0.2, 0.25) is 0 Å². The Bertz CT molecular complexity index is 1440. The van der Waals surface area contributed by atoms with Crippen LogP contribution in [0.4, 0.5) is 11.4 Å². The van der Waals surface area contributed by atoms with E-state index in [4.69, 9.17) is 14.3 Å². The van der Waals surface area contributed by atoms with Crippen molar-refractivity contribution in [3.8, 4) is 11.5 Å². The van der Waals surface area contributed by atoms with E-state index >= 15 is 0 Å². The van der Waals surface area contributed by atoms with Gasteiger partial charge in [0.2, 0.25) is 5.91 Å². The van der Waals surface area contributed by atoms with Crippen molar-refractivity contribution in [1.82, 2.24) is 0 Å². The van der Waals surface area contributed by atoms with Crippen LogP contribution in [0.15, 0.2) is 109 Å². The second-order valence-electron chi connectivity index (χ2n) is 9.21. The van der Waals surface area contributed by atoms with Crippen LogP contribution in [0.3, 0.4) is 0 Å². The van der Waals surface area contributed by atoms with Gasteiger partial charge in [-0.15, -0.1) is 0 Å². The van der Waals surface area contributed by atoms with E-state index in [1.807, 2.05) is 84.9 Å². The van der Waals surface area contributed by atoms with Gasteiger partial charge in [0.05, 0.1) is 24.5 Å². The molecule has 6 rings (SSSR count). The van der Waals surface area contributed by atoms with Crippen molar-refractivity contribution in [2.24, 2.45) is 5.92 Å². The molecule has 0 aliphatic carbocycles. The predicted octanol–water partition coefficient (Wildman–Crippen LogP) is 5.33. The predicted molar refractivity (Wildman–Crippen MR) is 143 cm³/mol. The standard InChI is InChI=1S/C31H26N2O5/c1-36-26-14-8-13-24(19-26)32-30(34)27-28(33(38-29(27)31(32)35)23-11-6-3-7-12-23)22-15-17-25(18-16-22)37-20-21-9-4-2-5-10-21/h2-19,27-29H,20H2,1H3/t27-,28-,29+/m0/s1. The van der Waals surface area contributed by atoms with E-state index in [1.165, 1.54) is 4.90 Å². The van der Waals surface area contributed by atoms with Gasteiger partial charge in [-0.1, -0.05) is 66.7 Å². The third-order valence-corrected chi connectivity index (χ3v) is 6.91. The van der Waals surface area contributed by atoms with E-state index < -0.39 is 18.1 Å². The number of anilines is 2. The van der Waals surface area contributed by atoms with E-state index in [0.717, 1.165) is 16.8 Å². The number of rotatable bonds is 7. The number of carbonyl (C=O) groups excluding carboxylic acids is 2. The molecule has 2 aliphatic heterocycles. The fourth-order valence-corrected chi connectivity index (χ4v) is 5.06. The second-order valence-corrected chi connectivity index (χ2v) is 9.21. The van der Waals surface area contributed by atoms with Gasteiger partial charge in [0.25, 0.3) is 5.91 Å². The van der Waals surface area contributed by atoms with E-state index in [9.17, 15) is 9.59 Å². The first-order chi connectivity index (χ1) is 18.6. The Hall–Kier alpha value is -4.62. The lowest BCUT2D eigenvalue weighted by Gasteiger charge is -2.29. The van der Waals surface area contributed by atoms with Crippen LogP contribution < -0.4 is 19.4 Å². The summed E-state index contributed by atoms with van der Waals surface area (Å²) >= 11 is 0. The van der Waals surface area contributed by atoms with Gasteiger partial charge in [-0.2, -0.15) is 0 Å². The first-order valence-electron chi connectivity index (χ1n) is 12.4. The topological polar surface area (TPSA) is 68.3 Å². The number of ether oxygens (including phenoxy) is 2. The quantitative estimate of drug-likeness (QED) is 0.316. The highest BCUT2D eigenvalue weighted by Gasteiger charge is 2.60. The van der Waals surface area contributed by atoms with Crippen LogP contribution in [0.5, 0.6) is 11.5 Å². The lowest BCUT2D eigenvalue weighted by Crippen LogP contribution is -2.37. The summed E-state index contributed by atoms with van der Waals surface area (Å²) in [6.45, 7) is 0.454. The number of para-hydroxylation sites is 1. The Labute approximate surface area is 220 Å².